The largest absolute Gasteiger partial charge is 0.496 e. The Kier molecular flexibility index (Phi) is 11.2. The fourth-order valence-electron chi connectivity index (χ4n) is 6.24. The van der Waals surface area contributed by atoms with Gasteiger partial charge in [0.2, 0.25) is 0 Å². The lowest BCUT2D eigenvalue weighted by molar-refractivity contribution is -0.384. The van der Waals surface area contributed by atoms with Crippen molar-refractivity contribution in [2.24, 2.45) is 4.99 Å². The van der Waals surface area contributed by atoms with Gasteiger partial charge in [0, 0.05) is 49.8 Å². The molecule has 0 unspecified atom stereocenters. The Morgan fingerprint density at radius 3 is 2.53 bits per heavy atom. The molecular weight excluding hydrogens is 828 g/mol. The molecule has 0 spiro atoms. The lowest BCUT2D eigenvalue weighted by Crippen LogP contribution is -2.40. The highest BCUT2D eigenvalue weighted by molar-refractivity contribution is 9.10. The van der Waals surface area contributed by atoms with Crippen LogP contribution in [0.3, 0.4) is 0 Å². The number of nitro benzene ring substituents is 1. The van der Waals surface area contributed by atoms with Gasteiger partial charge in [-0.05, 0) is 73.6 Å². The predicted octanol–water partition coefficient (Wildman–Crippen LogP) is 7.70. The molecule has 0 amide bonds. The number of carbonyl (C=O) groups is 1. The Hall–Kier alpha value is -5.35. The van der Waals surface area contributed by atoms with Crippen LogP contribution in [-0.4, -0.2) is 43.9 Å². The maximum Gasteiger partial charge on any atom is 0.338 e. The summed E-state index contributed by atoms with van der Waals surface area (Å²) in [5.41, 5.74) is 2.24. The van der Waals surface area contributed by atoms with Gasteiger partial charge in [0.25, 0.3) is 11.2 Å². The van der Waals surface area contributed by atoms with Crippen LogP contribution in [0.5, 0.6) is 5.75 Å². The highest BCUT2D eigenvalue weighted by Gasteiger charge is 2.37. The van der Waals surface area contributed by atoms with Crippen molar-refractivity contribution in [3.05, 3.63) is 153 Å². The van der Waals surface area contributed by atoms with Crippen LogP contribution in [0.25, 0.3) is 23.2 Å². The third kappa shape index (κ3) is 7.52. The van der Waals surface area contributed by atoms with Crippen LogP contribution in [0.15, 0.2) is 121 Å². The number of hydrogen-bond donors (Lipinski definition) is 0. The number of nitrogens with zero attached hydrogens (tertiary/aromatic N) is 6. The van der Waals surface area contributed by atoms with E-state index in [1.165, 1.54) is 35.6 Å². The van der Waals surface area contributed by atoms with E-state index in [9.17, 15) is 19.7 Å². The number of carbonyl (C=O) groups excluding carboxylic acids is 1. The number of methoxy groups -OCH3 is 1. The van der Waals surface area contributed by atoms with Gasteiger partial charge in [-0.25, -0.2) is 9.79 Å². The molecule has 1 aliphatic heterocycles. The summed E-state index contributed by atoms with van der Waals surface area (Å²) in [7, 11) is 1.51. The van der Waals surface area contributed by atoms with E-state index in [2.05, 4.69) is 26.1 Å². The Bertz CT molecular complexity index is 2690. The van der Waals surface area contributed by atoms with Crippen LogP contribution in [0.4, 0.5) is 5.69 Å². The summed E-state index contributed by atoms with van der Waals surface area (Å²) in [5, 5.41) is 22.0. The number of aromatic nitrogens is 4. The Morgan fingerprint density at radius 1 is 1.04 bits per heavy atom. The van der Waals surface area contributed by atoms with Crippen LogP contribution < -0.4 is 19.6 Å². The Balaban J connectivity index is 1.45. The molecule has 2 aromatic heterocycles. The number of non-ortho nitro benzene ring substituents is 1. The third-order valence-corrected chi connectivity index (χ3v) is 11.5. The van der Waals surface area contributed by atoms with Gasteiger partial charge in [-0.15, -0.1) is 10.2 Å². The van der Waals surface area contributed by atoms with Crippen molar-refractivity contribution in [1.82, 2.24) is 19.3 Å². The average molecular weight is 858 g/mol. The molecule has 0 radical (unpaired) electrons. The number of nitro groups is 1. The van der Waals surface area contributed by atoms with Crippen LogP contribution >= 0.6 is 50.6 Å². The maximum absolute atomic E-state index is 14.7. The second-order valence-corrected chi connectivity index (χ2v) is 15.3. The van der Waals surface area contributed by atoms with Gasteiger partial charge in [-0.3, -0.25) is 19.5 Å². The number of benzene rings is 4. The average Bonchev–Trinajstić information content (AvgIpc) is 3.74. The highest BCUT2D eigenvalue weighted by atomic mass is 79.9. The van der Waals surface area contributed by atoms with Gasteiger partial charge < -0.3 is 14.0 Å². The summed E-state index contributed by atoms with van der Waals surface area (Å²) in [4.78, 5) is 46.0. The molecule has 7 rings (SSSR count). The van der Waals surface area contributed by atoms with Crippen LogP contribution in [0, 0.1) is 10.1 Å². The lowest BCUT2D eigenvalue weighted by atomic mass is 9.92. The standard InChI is InChI=1S/C39H30BrClN6O6S2/c1-4-45-35(23-12-9-13-26(41)18-23)43-44-39(45)54-30-17-15-27(47(50)51)19-24(30)20-31-36(48)46-34(28-21-25(40)14-16-29(28)52-3)32(37(49)53-5-2)33(42-38(46)55-31)22-10-7-6-8-11-22/h6-21,34H,4-5H2,1-3H3/b31-20-/t34-/m1/s1. The smallest absolute Gasteiger partial charge is 0.338 e. The topological polar surface area (TPSA) is 144 Å². The highest BCUT2D eigenvalue weighted by Crippen LogP contribution is 2.40. The van der Waals surface area contributed by atoms with Crippen molar-refractivity contribution < 1.29 is 19.2 Å². The predicted molar refractivity (Wildman–Crippen MR) is 215 cm³/mol. The molecule has 278 valence electrons. The first kappa shape index (κ1) is 37.9. The molecule has 6 aromatic rings. The molecule has 0 saturated heterocycles. The minimum atomic E-state index is -1.01. The summed E-state index contributed by atoms with van der Waals surface area (Å²) in [6.45, 7) is 4.30. The molecule has 55 heavy (non-hydrogen) atoms. The van der Waals surface area contributed by atoms with Gasteiger partial charge >= 0.3 is 5.97 Å². The van der Waals surface area contributed by atoms with E-state index in [0.29, 0.717) is 64.9 Å². The zero-order chi connectivity index (χ0) is 38.8. The zero-order valence-corrected chi connectivity index (χ0v) is 33.4. The van der Waals surface area contributed by atoms with Crippen LogP contribution in [0.2, 0.25) is 5.02 Å². The van der Waals surface area contributed by atoms with E-state index in [0.717, 1.165) is 16.9 Å². The van der Waals surface area contributed by atoms with Gasteiger partial charge in [0.05, 0.1) is 34.4 Å². The van der Waals surface area contributed by atoms with Gasteiger partial charge in [-0.2, -0.15) is 0 Å². The summed E-state index contributed by atoms with van der Waals surface area (Å²) in [6, 6.07) is 25.3. The third-order valence-electron chi connectivity index (χ3n) is 8.67. The Labute approximate surface area is 335 Å². The number of halogens is 2. The molecule has 4 aromatic carbocycles. The number of thiazole rings is 1. The fourth-order valence-corrected chi connectivity index (χ4v) is 8.78. The second-order valence-electron chi connectivity index (χ2n) is 12.0. The first-order valence-corrected chi connectivity index (χ1v) is 19.7. The zero-order valence-electron chi connectivity index (χ0n) is 29.4. The van der Waals surface area contributed by atoms with Gasteiger partial charge in [0.15, 0.2) is 15.8 Å². The van der Waals surface area contributed by atoms with Gasteiger partial charge in [0.1, 0.15) is 11.8 Å². The minimum absolute atomic E-state index is 0.0940. The number of rotatable bonds is 11. The van der Waals surface area contributed by atoms with Crippen molar-refractivity contribution in [2.45, 2.75) is 36.5 Å². The van der Waals surface area contributed by atoms with Gasteiger partial charge in [-0.1, -0.05) is 81.3 Å². The summed E-state index contributed by atoms with van der Waals surface area (Å²) in [5.74, 6) is 0.410. The normalized spacial score (nSPS) is 14.1. The van der Waals surface area contributed by atoms with Crippen molar-refractivity contribution >= 4 is 74.1 Å². The van der Waals surface area contributed by atoms with Crippen molar-refractivity contribution in [3.8, 4) is 17.1 Å². The molecule has 1 atom stereocenters. The molecule has 3 heterocycles. The monoisotopic (exact) mass is 856 g/mol. The molecule has 0 N–H and O–H groups in total. The molecule has 0 fully saturated rings. The summed E-state index contributed by atoms with van der Waals surface area (Å²) in [6.07, 6.45) is 1.61. The fraction of sp³-hybridized carbons (Fsp3) is 0.154. The minimum Gasteiger partial charge on any atom is -0.496 e. The van der Waals surface area contributed by atoms with E-state index >= 15 is 0 Å². The van der Waals surface area contributed by atoms with E-state index in [4.69, 9.17) is 26.1 Å². The van der Waals surface area contributed by atoms with Crippen molar-refractivity contribution in [2.75, 3.05) is 13.7 Å². The van der Waals surface area contributed by atoms with Crippen molar-refractivity contribution in [1.29, 1.82) is 0 Å². The number of fused-ring (bicyclic) bond motifs is 1. The number of ether oxygens (including phenoxy) is 2. The molecule has 0 saturated carbocycles. The van der Waals surface area contributed by atoms with E-state index in [1.807, 2.05) is 54.0 Å². The number of hydrogen-bond acceptors (Lipinski definition) is 11. The van der Waals surface area contributed by atoms with E-state index in [-0.39, 0.29) is 22.4 Å². The summed E-state index contributed by atoms with van der Waals surface area (Å²) >= 11 is 12.2. The second kappa shape index (κ2) is 16.2. The maximum atomic E-state index is 14.7. The Morgan fingerprint density at radius 2 is 1.82 bits per heavy atom. The van der Waals surface area contributed by atoms with E-state index in [1.54, 1.807) is 49.4 Å². The molecule has 0 bridgehead atoms. The summed E-state index contributed by atoms with van der Waals surface area (Å²) < 4.78 is 15.7. The van der Waals surface area contributed by atoms with Crippen LogP contribution in [-0.2, 0) is 16.1 Å². The first-order valence-electron chi connectivity index (χ1n) is 16.9. The lowest BCUT2D eigenvalue weighted by Gasteiger charge is -2.27. The molecule has 1 aliphatic rings. The van der Waals surface area contributed by atoms with Crippen LogP contribution in [0.1, 0.15) is 36.6 Å². The molecule has 12 nitrogen and oxygen atoms in total. The number of esters is 1. The van der Waals surface area contributed by atoms with Crippen molar-refractivity contribution in [3.63, 3.8) is 0 Å². The molecule has 16 heteroatoms. The molecule has 0 aliphatic carbocycles. The van der Waals surface area contributed by atoms with E-state index < -0.39 is 22.5 Å². The first-order chi connectivity index (χ1) is 26.6. The quantitative estimate of drug-likeness (QED) is 0.0728. The molecular formula is C39H30BrClN6O6S2. The SMILES string of the molecule is CCOC(=O)C1=C(c2ccccc2)N=c2s/c(=C\c3cc([N+](=O)[O-])ccc3Sc3nnc(-c4cccc(Cl)c4)n3CC)c(=O)n2[C@@H]1c1cc(Br)ccc1OC.